The van der Waals surface area contributed by atoms with Crippen LogP contribution in [0.4, 0.5) is 5.69 Å². The van der Waals surface area contributed by atoms with Crippen molar-refractivity contribution in [2.75, 3.05) is 25.0 Å². The second-order valence-electron chi connectivity index (χ2n) is 4.77. The molecular formula is C15H18N4. The highest BCUT2D eigenvalue weighted by molar-refractivity contribution is 5.90. The molecule has 1 aliphatic rings. The van der Waals surface area contributed by atoms with Crippen molar-refractivity contribution in [2.24, 2.45) is 0 Å². The molecule has 2 aromatic rings. The highest BCUT2D eigenvalue weighted by Gasteiger charge is 2.04. The van der Waals surface area contributed by atoms with E-state index in [9.17, 15) is 0 Å². The van der Waals surface area contributed by atoms with E-state index in [4.69, 9.17) is 0 Å². The van der Waals surface area contributed by atoms with Gasteiger partial charge in [0.2, 0.25) is 0 Å². The number of hydrogen-bond donors (Lipinski definition) is 2. The van der Waals surface area contributed by atoms with Gasteiger partial charge >= 0.3 is 0 Å². The minimum absolute atomic E-state index is 0.939. The first-order chi connectivity index (χ1) is 9.43. The summed E-state index contributed by atoms with van der Waals surface area (Å²) >= 11 is 0. The molecule has 4 nitrogen and oxygen atoms in total. The predicted octanol–water partition coefficient (Wildman–Crippen LogP) is 2.35. The van der Waals surface area contributed by atoms with Crippen LogP contribution < -0.4 is 10.6 Å². The molecule has 0 bridgehead atoms. The van der Waals surface area contributed by atoms with Gasteiger partial charge in [-0.15, -0.1) is 0 Å². The van der Waals surface area contributed by atoms with Crippen molar-refractivity contribution < 1.29 is 0 Å². The van der Waals surface area contributed by atoms with Crippen LogP contribution in [0.1, 0.15) is 12.8 Å². The Hall–Kier alpha value is -1.94. The molecule has 1 aromatic heterocycles. The fraction of sp³-hybridized carbons (Fsp3) is 0.333. The molecule has 98 valence electrons. The molecule has 2 N–H and O–H groups in total. The number of rotatable bonds is 4. The standard InChI is InChI=1S/C15H18N4/c1-2-4-14-13(3-1)15(11-18-19-14)17-10-7-12-5-8-16-9-6-12/h1-5,11,16H,6-10H2,(H,17,19). The molecular weight excluding hydrogens is 236 g/mol. The van der Waals surface area contributed by atoms with Gasteiger partial charge < -0.3 is 10.6 Å². The summed E-state index contributed by atoms with van der Waals surface area (Å²) in [7, 11) is 0. The first kappa shape index (κ1) is 12.1. The fourth-order valence-corrected chi connectivity index (χ4v) is 2.40. The molecule has 0 amide bonds. The molecule has 19 heavy (non-hydrogen) atoms. The lowest BCUT2D eigenvalue weighted by molar-refractivity contribution is 0.683. The van der Waals surface area contributed by atoms with E-state index in [1.807, 2.05) is 18.2 Å². The van der Waals surface area contributed by atoms with E-state index in [0.29, 0.717) is 0 Å². The Labute approximate surface area is 112 Å². The summed E-state index contributed by atoms with van der Waals surface area (Å²) in [5.41, 5.74) is 3.55. The molecule has 2 heterocycles. The van der Waals surface area contributed by atoms with Crippen LogP contribution in [0.3, 0.4) is 0 Å². The second-order valence-corrected chi connectivity index (χ2v) is 4.77. The Morgan fingerprint density at radius 2 is 2.21 bits per heavy atom. The van der Waals surface area contributed by atoms with Crippen LogP contribution in [0.5, 0.6) is 0 Å². The fourth-order valence-electron chi connectivity index (χ4n) is 2.40. The van der Waals surface area contributed by atoms with Crippen molar-refractivity contribution in [2.45, 2.75) is 12.8 Å². The van der Waals surface area contributed by atoms with Crippen LogP contribution in [0.25, 0.3) is 10.9 Å². The third-order valence-electron chi connectivity index (χ3n) is 3.47. The molecule has 1 aliphatic heterocycles. The summed E-state index contributed by atoms with van der Waals surface area (Å²) < 4.78 is 0. The lowest BCUT2D eigenvalue weighted by Crippen LogP contribution is -2.21. The van der Waals surface area contributed by atoms with Crippen molar-refractivity contribution in [1.29, 1.82) is 0 Å². The van der Waals surface area contributed by atoms with Crippen LogP contribution in [0.2, 0.25) is 0 Å². The van der Waals surface area contributed by atoms with Gasteiger partial charge in [0.05, 0.1) is 17.4 Å². The van der Waals surface area contributed by atoms with Crippen LogP contribution in [0, 0.1) is 0 Å². The number of hydrogen-bond acceptors (Lipinski definition) is 4. The Morgan fingerprint density at radius 3 is 3.11 bits per heavy atom. The number of fused-ring (bicyclic) bond motifs is 1. The Kier molecular flexibility index (Phi) is 3.70. The molecule has 3 rings (SSSR count). The maximum atomic E-state index is 4.13. The molecule has 4 heteroatoms. The van der Waals surface area contributed by atoms with E-state index in [2.05, 4.69) is 33.0 Å². The Bertz CT molecular complexity index is 586. The highest BCUT2D eigenvalue weighted by atomic mass is 15.1. The largest absolute Gasteiger partial charge is 0.383 e. The lowest BCUT2D eigenvalue weighted by atomic mass is 10.1. The average Bonchev–Trinajstić information content (AvgIpc) is 2.49. The van der Waals surface area contributed by atoms with E-state index in [1.165, 1.54) is 5.57 Å². The van der Waals surface area contributed by atoms with Crippen molar-refractivity contribution in [3.05, 3.63) is 42.1 Å². The molecule has 0 atom stereocenters. The number of nitrogens with one attached hydrogen (secondary N) is 2. The first-order valence-corrected chi connectivity index (χ1v) is 6.76. The van der Waals surface area contributed by atoms with Gasteiger partial charge in [-0.25, -0.2) is 0 Å². The summed E-state index contributed by atoms with van der Waals surface area (Å²) in [6, 6.07) is 8.09. The van der Waals surface area contributed by atoms with Crippen molar-refractivity contribution in [1.82, 2.24) is 15.5 Å². The quantitative estimate of drug-likeness (QED) is 0.822. The van der Waals surface area contributed by atoms with E-state index in [0.717, 1.165) is 49.1 Å². The zero-order valence-electron chi connectivity index (χ0n) is 10.9. The van der Waals surface area contributed by atoms with Gasteiger partial charge in [-0.3, -0.25) is 0 Å². The molecule has 0 unspecified atom stereocenters. The van der Waals surface area contributed by atoms with Gasteiger partial charge in [-0.05, 0) is 25.5 Å². The van der Waals surface area contributed by atoms with Gasteiger partial charge in [-0.1, -0.05) is 29.8 Å². The predicted molar refractivity (Wildman–Crippen MR) is 78.2 cm³/mol. The molecule has 0 aliphatic carbocycles. The van der Waals surface area contributed by atoms with Crippen LogP contribution in [-0.4, -0.2) is 29.8 Å². The topological polar surface area (TPSA) is 49.8 Å². The molecule has 0 radical (unpaired) electrons. The summed E-state index contributed by atoms with van der Waals surface area (Å²) in [5, 5.41) is 16.1. The third-order valence-corrected chi connectivity index (χ3v) is 3.47. The minimum atomic E-state index is 0.939. The summed E-state index contributed by atoms with van der Waals surface area (Å²) in [6.07, 6.45) is 6.36. The van der Waals surface area contributed by atoms with Gasteiger partial charge in [0.15, 0.2) is 0 Å². The number of aromatic nitrogens is 2. The lowest BCUT2D eigenvalue weighted by Gasteiger charge is -2.15. The summed E-state index contributed by atoms with van der Waals surface area (Å²) in [4.78, 5) is 0. The number of anilines is 1. The van der Waals surface area contributed by atoms with Gasteiger partial charge in [0.1, 0.15) is 0 Å². The maximum Gasteiger partial charge on any atom is 0.0950 e. The van der Waals surface area contributed by atoms with E-state index >= 15 is 0 Å². The normalized spacial score (nSPS) is 15.3. The maximum absolute atomic E-state index is 4.13. The van der Waals surface area contributed by atoms with Gasteiger partial charge in [-0.2, -0.15) is 10.2 Å². The number of nitrogens with zero attached hydrogens (tertiary/aromatic N) is 2. The second kappa shape index (κ2) is 5.80. The van der Waals surface area contributed by atoms with Crippen molar-refractivity contribution in [3.63, 3.8) is 0 Å². The number of benzene rings is 1. The Morgan fingerprint density at radius 1 is 1.26 bits per heavy atom. The van der Waals surface area contributed by atoms with E-state index in [-0.39, 0.29) is 0 Å². The highest BCUT2D eigenvalue weighted by Crippen LogP contribution is 2.20. The van der Waals surface area contributed by atoms with Crippen LogP contribution >= 0.6 is 0 Å². The van der Waals surface area contributed by atoms with Crippen molar-refractivity contribution in [3.8, 4) is 0 Å². The van der Waals surface area contributed by atoms with Crippen molar-refractivity contribution >= 4 is 16.6 Å². The monoisotopic (exact) mass is 254 g/mol. The zero-order valence-corrected chi connectivity index (χ0v) is 10.9. The van der Waals surface area contributed by atoms with Gasteiger partial charge in [0.25, 0.3) is 0 Å². The summed E-state index contributed by atoms with van der Waals surface area (Å²) in [5.74, 6) is 0. The molecule has 0 saturated carbocycles. The molecule has 0 fully saturated rings. The average molecular weight is 254 g/mol. The molecule has 0 saturated heterocycles. The SMILES string of the molecule is C1=C(CCNc2cnnc3ccccc23)CCNC1. The van der Waals surface area contributed by atoms with Crippen LogP contribution in [-0.2, 0) is 0 Å². The Balaban J connectivity index is 1.66. The first-order valence-electron chi connectivity index (χ1n) is 6.76. The van der Waals surface area contributed by atoms with E-state index in [1.54, 1.807) is 6.20 Å². The third kappa shape index (κ3) is 2.90. The minimum Gasteiger partial charge on any atom is -0.383 e. The van der Waals surface area contributed by atoms with Crippen LogP contribution in [0.15, 0.2) is 42.1 Å². The van der Waals surface area contributed by atoms with E-state index < -0.39 is 0 Å². The van der Waals surface area contributed by atoms with Gasteiger partial charge in [0, 0.05) is 18.5 Å². The smallest absolute Gasteiger partial charge is 0.0950 e. The zero-order chi connectivity index (χ0) is 12.9. The summed E-state index contributed by atoms with van der Waals surface area (Å²) in [6.45, 7) is 3.06. The molecule has 1 aromatic carbocycles. The molecule has 0 spiro atoms.